The number of nitrogens with zero attached hydrogens (tertiary/aromatic N) is 2. The van der Waals surface area contributed by atoms with Gasteiger partial charge < -0.3 is 23.4 Å². The second kappa shape index (κ2) is 8.45. The molecule has 0 amide bonds. The van der Waals surface area contributed by atoms with Crippen LogP contribution in [0.25, 0.3) is 17.1 Å². The van der Waals surface area contributed by atoms with E-state index < -0.39 is 48.3 Å². The first-order valence-electron chi connectivity index (χ1n) is 12.5. The predicted molar refractivity (Wildman–Crippen MR) is 142 cm³/mol. The monoisotopic (exact) mass is 496 g/mol. The van der Waals surface area contributed by atoms with Crippen molar-refractivity contribution in [1.29, 1.82) is 0 Å². The van der Waals surface area contributed by atoms with Gasteiger partial charge in [-0.2, -0.15) is 0 Å². The molecule has 0 aliphatic carbocycles. The highest BCUT2D eigenvalue weighted by molar-refractivity contribution is 6.79. The molecule has 2 aliphatic heterocycles. The Labute approximate surface area is 214 Å². The van der Waals surface area contributed by atoms with Crippen LogP contribution >= 0.6 is 0 Å². The van der Waals surface area contributed by atoms with E-state index in [0.717, 1.165) is 0 Å². The van der Waals surface area contributed by atoms with Crippen LogP contribution in [-0.4, -0.2) is 57.9 Å². The van der Waals surface area contributed by atoms with Gasteiger partial charge in [0.05, 0.1) is 33.4 Å². The molecule has 0 saturated carbocycles. The van der Waals surface area contributed by atoms with Crippen LogP contribution in [-0.2, 0) is 23.4 Å². The first-order valence-corrected chi connectivity index (χ1v) is 12.5. The van der Waals surface area contributed by atoms with Gasteiger partial charge in [-0.05, 0) is 99.7 Å². The van der Waals surface area contributed by atoms with E-state index in [-0.39, 0.29) is 0 Å². The summed E-state index contributed by atoms with van der Waals surface area (Å²) in [5.74, 6) is 0.380. The Morgan fingerprint density at radius 2 is 1.31 bits per heavy atom. The molecule has 0 unspecified atom stereocenters. The van der Waals surface area contributed by atoms with E-state index in [1.165, 1.54) is 4.57 Å². The molecule has 0 N–H and O–H groups in total. The van der Waals surface area contributed by atoms with E-state index in [1.54, 1.807) is 6.08 Å². The summed E-state index contributed by atoms with van der Waals surface area (Å²) in [5, 5.41) is 0.590. The van der Waals surface area contributed by atoms with Crippen molar-refractivity contribution in [3.63, 3.8) is 0 Å². The fourth-order valence-corrected chi connectivity index (χ4v) is 4.00. The number of fused-ring (bicyclic) bond motifs is 1. The van der Waals surface area contributed by atoms with E-state index in [0.29, 0.717) is 22.2 Å². The maximum absolute atomic E-state index is 13.3. The normalized spacial score (nSPS) is 22.2. The molecule has 1 aromatic carbocycles. The van der Waals surface area contributed by atoms with E-state index >= 15 is 0 Å². The Hall–Kier alpha value is -2.13. The first-order chi connectivity index (χ1) is 16.3. The van der Waals surface area contributed by atoms with Crippen molar-refractivity contribution >= 4 is 37.4 Å². The second-order valence-electron chi connectivity index (χ2n) is 12.6. The molecule has 0 radical (unpaired) electrons. The number of ether oxygens (including phenoxy) is 1. The number of benzene rings is 1. The molecule has 8 nitrogen and oxygen atoms in total. The highest BCUT2D eigenvalue weighted by Gasteiger charge is 2.59. The Morgan fingerprint density at radius 1 is 0.861 bits per heavy atom. The molecule has 2 saturated heterocycles. The SMILES string of the molecule is CC(C)(C)OC(=O)n1c(C=C(B2OC(C)(C)C(C)(C)O2)B2OC(C)(C)C(C)(C)O2)nc2ccccc21. The number of carbonyl (C=O) groups is 1. The zero-order valence-electron chi connectivity index (χ0n) is 23.4. The van der Waals surface area contributed by atoms with Crippen molar-refractivity contribution < 1.29 is 28.1 Å². The molecule has 10 heteroatoms. The molecular weight excluding hydrogens is 458 g/mol. The lowest BCUT2D eigenvalue weighted by molar-refractivity contribution is 0.00578. The molecule has 0 atom stereocenters. The van der Waals surface area contributed by atoms with Crippen molar-refractivity contribution in [3.05, 3.63) is 35.5 Å². The molecule has 194 valence electrons. The third kappa shape index (κ3) is 4.76. The lowest BCUT2D eigenvalue weighted by Gasteiger charge is -2.32. The smallest absolute Gasteiger partial charge is 0.443 e. The van der Waals surface area contributed by atoms with E-state index in [1.807, 2.05) is 100 Å². The number of rotatable bonds is 3. The summed E-state index contributed by atoms with van der Waals surface area (Å²) >= 11 is 0. The summed E-state index contributed by atoms with van der Waals surface area (Å²) in [6.07, 6.45) is 1.25. The van der Waals surface area contributed by atoms with Crippen LogP contribution in [0.5, 0.6) is 0 Å². The maximum atomic E-state index is 13.3. The van der Waals surface area contributed by atoms with Crippen LogP contribution in [0.15, 0.2) is 29.6 Å². The fourth-order valence-electron chi connectivity index (χ4n) is 4.00. The molecule has 1 aromatic heterocycles. The van der Waals surface area contributed by atoms with Crippen LogP contribution in [0.2, 0.25) is 0 Å². The molecule has 2 aromatic rings. The molecule has 36 heavy (non-hydrogen) atoms. The number of imidazole rings is 1. The van der Waals surface area contributed by atoms with E-state index in [9.17, 15) is 4.79 Å². The molecule has 2 fully saturated rings. The summed E-state index contributed by atoms with van der Waals surface area (Å²) in [5.41, 5.74) is -1.68. The zero-order chi connectivity index (χ0) is 26.9. The third-order valence-corrected chi connectivity index (χ3v) is 7.51. The average Bonchev–Trinajstić information content (AvgIpc) is 3.24. The molecule has 3 heterocycles. The van der Waals surface area contributed by atoms with Gasteiger partial charge in [0.2, 0.25) is 0 Å². The number of para-hydroxylation sites is 2. The van der Waals surface area contributed by atoms with Gasteiger partial charge in [-0.25, -0.2) is 14.3 Å². The fraction of sp³-hybridized carbons (Fsp3) is 0.615. The van der Waals surface area contributed by atoms with Crippen LogP contribution < -0.4 is 0 Å². The summed E-state index contributed by atoms with van der Waals surface area (Å²) < 4.78 is 32.8. The zero-order valence-corrected chi connectivity index (χ0v) is 23.4. The Morgan fingerprint density at radius 3 is 1.75 bits per heavy atom. The van der Waals surface area contributed by atoms with Crippen LogP contribution in [0.3, 0.4) is 0 Å². The van der Waals surface area contributed by atoms with Crippen molar-refractivity contribution in [3.8, 4) is 0 Å². The minimum Gasteiger partial charge on any atom is -0.443 e. The molecular formula is C26H38B2N2O6. The summed E-state index contributed by atoms with van der Waals surface area (Å²) in [6.45, 7) is 21.4. The van der Waals surface area contributed by atoms with Gasteiger partial charge in [-0.1, -0.05) is 12.1 Å². The first kappa shape index (κ1) is 26.9. The van der Waals surface area contributed by atoms with Crippen LogP contribution in [0.4, 0.5) is 4.79 Å². The van der Waals surface area contributed by atoms with E-state index in [2.05, 4.69) is 0 Å². The minimum absolute atomic E-state index is 0.380. The molecule has 2 aliphatic rings. The quantitative estimate of drug-likeness (QED) is 0.522. The summed E-state index contributed by atoms with van der Waals surface area (Å²) in [6, 6.07) is 7.44. The number of aromatic nitrogens is 2. The number of hydrogen-bond donors (Lipinski definition) is 0. The van der Waals surface area contributed by atoms with Gasteiger partial charge in [-0.3, -0.25) is 0 Å². The van der Waals surface area contributed by atoms with Crippen LogP contribution in [0.1, 0.15) is 82.0 Å². The number of hydrogen-bond acceptors (Lipinski definition) is 7. The summed E-state index contributed by atoms with van der Waals surface area (Å²) in [7, 11) is -1.53. The lowest BCUT2D eigenvalue weighted by atomic mass is 9.57. The van der Waals surface area contributed by atoms with Crippen LogP contribution in [0, 0.1) is 0 Å². The lowest BCUT2D eigenvalue weighted by Crippen LogP contribution is -2.41. The third-order valence-electron chi connectivity index (χ3n) is 7.51. The van der Waals surface area contributed by atoms with Gasteiger partial charge in [0.25, 0.3) is 0 Å². The second-order valence-corrected chi connectivity index (χ2v) is 12.6. The predicted octanol–water partition coefficient (Wildman–Crippen LogP) is 5.47. The Balaban J connectivity index is 1.88. The van der Waals surface area contributed by atoms with Crippen molar-refractivity contribution in [2.45, 2.75) is 104 Å². The Kier molecular flexibility index (Phi) is 6.32. The van der Waals surface area contributed by atoms with Crippen molar-refractivity contribution in [1.82, 2.24) is 9.55 Å². The average molecular weight is 496 g/mol. The van der Waals surface area contributed by atoms with Gasteiger partial charge in [-0.15, -0.1) is 0 Å². The summed E-state index contributed by atoms with van der Waals surface area (Å²) in [4.78, 5) is 18.1. The molecule has 0 spiro atoms. The minimum atomic E-state index is -0.767. The highest BCUT2D eigenvalue weighted by atomic mass is 16.7. The van der Waals surface area contributed by atoms with Crippen molar-refractivity contribution in [2.75, 3.05) is 0 Å². The van der Waals surface area contributed by atoms with Gasteiger partial charge in [0.1, 0.15) is 11.4 Å². The largest absolute Gasteiger partial charge is 0.486 e. The molecule has 4 rings (SSSR count). The van der Waals surface area contributed by atoms with Gasteiger partial charge >= 0.3 is 20.3 Å². The topological polar surface area (TPSA) is 81.0 Å². The highest BCUT2D eigenvalue weighted by Crippen LogP contribution is 2.43. The number of carbonyl (C=O) groups excluding carboxylic acids is 1. The maximum Gasteiger partial charge on any atom is 0.486 e. The van der Waals surface area contributed by atoms with Gasteiger partial charge in [0.15, 0.2) is 0 Å². The van der Waals surface area contributed by atoms with E-state index in [4.69, 9.17) is 28.3 Å². The Bertz CT molecular complexity index is 1140. The van der Waals surface area contributed by atoms with Crippen molar-refractivity contribution in [2.24, 2.45) is 0 Å². The van der Waals surface area contributed by atoms with Gasteiger partial charge in [0, 0.05) is 0 Å². The molecule has 0 bridgehead atoms. The standard InChI is InChI=1S/C26H38B2N2O6/c1-22(2,3)32-21(31)30-18-15-13-12-14-17(18)29-20(30)16-19(27-33-23(4,5)24(6,7)34-27)28-35-25(8,9)26(10,11)36-28/h12-16H,1-11H3.